The molecule has 1 aliphatic heterocycles. The number of carbonyl (C=O) groups is 1. The second kappa shape index (κ2) is 3.62. The molecule has 0 spiro atoms. The van der Waals surface area contributed by atoms with E-state index in [1.54, 1.807) is 6.07 Å². The van der Waals surface area contributed by atoms with Crippen molar-refractivity contribution in [3.8, 4) is 5.75 Å². The molecule has 1 aliphatic rings. The third-order valence-corrected chi connectivity index (χ3v) is 2.58. The molecular weight excluding hydrogens is 200 g/mol. The van der Waals surface area contributed by atoms with Gasteiger partial charge in [0.1, 0.15) is 11.9 Å². The summed E-state index contributed by atoms with van der Waals surface area (Å²) in [6, 6.07) is 5.49. The first kappa shape index (κ1) is 9.53. The van der Waals surface area contributed by atoms with Crippen molar-refractivity contribution in [2.75, 3.05) is 5.88 Å². The quantitative estimate of drug-likeness (QED) is 0.554. The largest absolute Gasteiger partial charge is 0.490 e. The van der Waals surface area contributed by atoms with E-state index in [-0.39, 0.29) is 17.8 Å². The molecule has 0 bridgehead atoms. The predicted octanol–water partition coefficient (Wildman–Crippen LogP) is 2.43. The number of fused-ring (bicyclic) bond motifs is 1. The molecule has 0 amide bonds. The molecule has 3 heteroatoms. The predicted molar refractivity (Wildman–Crippen MR) is 55.3 cm³/mol. The molecule has 0 saturated carbocycles. The Hall–Kier alpha value is -1.02. The molecule has 0 radical (unpaired) electrons. The van der Waals surface area contributed by atoms with Crippen LogP contribution in [0.4, 0.5) is 0 Å². The van der Waals surface area contributed by atoms with Crippen LogP contribution in [0.25, 0.3) is 0 Å². The van der Waals surface area contributed by atoms with Gasteiger partial charge in [0, 0.05) is 12.0 Å². The van der Waals surface area contributed by atoms with Crippen molar-refractivity contribution >= 4 is 17.4 Å². The average Bonchev–Trinajstić information content (AvgIpc) is 2.55. The highest BCUT2D eigenvalue weighted by atomic mass is 35.5. The Balaban J connectivity index is 2.33. The van der Waals surface area contributed by atoms with Gasteiger partial charge in [0.2, 0.25) is 0 Å². The van der Waals surface area contributed by atoms with E-state index >= 15 is 0 Å². The molecule has 74 valence electrons. The number of ether oxygens (including phenoxy) is 1. The molecule has 0 saturated heterocycles. The Bertz CT molecular complexity index is 374. The summed E-state index contributed by atoms with van der Waals surface area (Å²) in [4.78, 5) is 11.3. The average molecular weight is 211 g/mol. The van der Waals surface area contributed by atoms with E-state index in [9.17, 15) is 4.79 Å². The monoisotopic (exact) mass is 210 g/mol. The zero-order valence-corrected chi connectivity index (χ0v) is 8.67. The number of Topliss-reactive ketones (excluding diaryl/α,β-unsaturated/α-hetero) is 1. The van der Waals surface area contributed by atoms with Gasteiger partial charge in [-0.3, -0.25) is 4.79 Å². The maximum Gasteiger partial charge on any atom is 0.177 e. The van der Waals surface area contributed by atoms with E-state index in [0.29, 0.717) is 5.56 Å². The lowest BCUT2D eigenvalue weighted by Crippen LogP contribution is -2.05. The number of hydrogen-bond donors (Lipinski definition) is 0. The van der Waals surface area contributed by atoms with Gasteiger partial charge in [-0.05, 0) is 30.7 Å². The first-order valence-electron chi connectivity index (χ1n) is 4.59. The van der Waals surface area contributed by atoms with E-state index in [4.69, 9.17) is 16.3 Å². The van der Waals surface area contributed by atoms with Crippen LogP contribution < -0.4 is 4.74 Å². The molecule has 2 rings (SSSR count). The van der Waals surface area contributed by atoms with Crippen LogP contribution in [0.5, 0.6) is 5.75 Å². The Morgan fingerprint density at radius 2 is 2.43 bits per heavy atom. The van der Waals surface area contributed by atoms with Crippen LogP contribution >= 0.6 is 11.6 Å². The number of hydrogen-bond acceptors (Lipinski definition) is 2. The molecule has 1 unspecified atom stereocenters. The van der Waals surface area contributed by atoms with Crippen LogP contribution in [0.3, 0.4) is 0 Å². The molecule has 0 N–H and O–H groups in total. The van der Waals surface area contributed by atoms with Gasteiger partial charge in [0.05, 0.1) is 5.88 Å². The summed E-state index contributed by atoms with van der Waals surface area (Å²) in [6.45, 7) is 2.02. The zero-order valence-electron chi connectivity index (χ0n) is 7.92. The third-order valence-electron chi connectivity index (χ3n) is 2.34. The standard InChI is InChI=1S/C11H11ClO2/c1-7-4-9-5-8(10(13)6-12)2-3-11(9)14-7/h2-3,5,7H,4,6H2,1H3. The molecule has 14 heavy (non-hydrogen) atoms. The lowest BCUT2D eigenvalue weighted by Gasteiger charge is -2.02. The van der Waals surface area contributed by atoms with Crippen LogP contribution in [-0.4, -0.2) is 17.8 Å². The molecule has 1 atom stereocenters. The molecule has 0 aromatic heterocycles. The van der Waals surface area contributed by atoms with Crippen LogP contribution in [0.1, 0.15) is 22.8 Å². The van der Waals surface area contributed by atoms with Crippen LogP contribution in [0, 0.1) is 0 Å². The van der Waals surface area contributed by atoms with Gasteiger partial charge in [-0.15, -0.1) is 11.6 Å². The van der Waals surface area contributed by atoms with E-state index in [0.717, 1.165) is 17.7 Å². The summed E-state index contributed by atoms with van der Waals surface area (Å²) in [7, 11) is 0. The minimum atomic E-state index is -0.0333. The summed E-state index contributed by atoms with van der Waals surface area (Å²) in [5, 5.41) is 0. The Morgan fingerprint density at radius 1 is 1.64 bits per heavy atom. The van der Waals surface area contributed by atoms with E-state index in [2.05, 4.69) is 0 Å². The molecule has 2 nitrogen and oxygen atoms in total. The smallest absolute Gasteiger partial charge is 0.177 e. The van der Waals surface area contributed by atoms with Crippen molar-refractivity contribution in [2.45, 2.75) is 19.4 Å². The first-order chi connectivity index (χ1) is 6.70. The Kier molecular flexibility index (Phi) is 2.46. The second-order valence-corrected chi connectivity index (χ2v) is 3.78. The van der Waals surface area contributed by atoms with Crippen molar-refractivity contribution in [1.29, 1.82) is 0 Å². The van der Waals surface area contributed by atoms with Gasteiger partial charge in [-0.2, -0.15) is 0 Å². The number of halogens is 1. The Labute approximate surface area is 87.8 Å². The summed E-state index contributed by atoms with van der Waals surface area (Å²) in [6.07, 6.45) is 1.09. The van der Waals surface area contributed by atoms with Crippen molar-refractivity contribution in [1.82, 2.24) is 0 Å². The number of carbonyl (C=O) groups excluding carboxylic acids is 1. The number of alkyl halides is 1. The summed E-state index contributed by atoms with van der Waals surface area (Å²) < 4.78 is 5.53. The first-order valence-corrected chi connectivity index (χ1v) is 5.13. The van der Waals surface area contributed by atoms with E-state index in [1.807, 2.05) is 19.1 Å². The van der Waals surface area contributed by atoms with Gasteiger partial charge < -0.3 is 4.74 Å². The lowest BCUT2D eigenvalue weighted by atomic mass is 10.1. The molecule has 1 aromatic rings. The SMILES string of the molecule is CC1Cc2cc(C(=O)CCl)ccc2O1. The van der Waals surface area contributed by atoms with Gasteiger partial charge >= 0.3 is 0 Å². The minimum Gasteiger partial charge on any atom is -0.490 e. The second-order valence-electron chi connectivity index (χ2n) is 3.51. The van der Waals surface area contributed by atoms with Crippen molar-refractivity contribution in [3.05, 3.63) is 29.3 Å². The number of rotatable bonds is 2. The fraction of sp³-hybridized carbons (Fsp3) is 0.364. The maximum atomic E-state index is 11.3. The molecular formula is C11H11ClO2. The molecule has 1 aromatic carbocycles. The summed E-state index contributed by atoms with van der Waals surface area (Å²) in [5.41, 5.74) is 1.78. The summed E-state index contributed by atoms with van der Waals surface area (Å²) in [5.74, 6) is 0.896. The minimum absolute atomic E-state index is 0.0333. The molecule has 0 fully saturated rings. The zero-order chi connectivity index (χ0) is 10.1. The highest BCUT2D eigenvalue weighted by Gasteiger charge is 2.19. The van der Waals surface area contributed by atoms with Gasteiger partial charge in [0.25, 0.3) is 0 Å². The highest BCUT2D eigenvalue weighted by Crippen LogP contribution is 2.29. The van der Waals surface area contributed by atoms with Crippen molar-refractivity contribution < 1.29 is 9.53 Å². The Morgan fingerprint density at radius 3 is 3.14 bits per heavy atom. The van der Waals surface area contributed by atoms with Crippen LogP contribution in [0.15, 0.2) is 18.2 Å². The fourth-order valence-corrected chi connectivity index (χ4v) is 1.83. The third kappa shape index (κ3) is 1.62. The molecule has 0 aliphatic carbocycles. The number of benzene rings is 1. The van der Waals surface area contributed by atoms with E-state index < -0.39 is 0 Å². The molecule has 1 heterocycles. The van der Waals surface area contributed by atoms with Gasteiger partial charge in [-0.25, -0.2) is 0 Å². The topological polar surface area (TPSA) is 26.3 Å². The summed E-state index contributed by atoms with van der Waals surface area (Å²) >= 11 is 5.49. The van der Waals surface area contributed by atoms with Crippen LogP contribution in [0.2, 0.25) is 0 Å². The van der Waals surface area contributed by atoms with Crippen LogP contribution in [-0.2, 0) is 6.42 Å². The fourth-order valence-electron chi connectivity index (χ4n) is 1.67. The maximum absolute atomic E-state index is 11.3. The highest BCUT2D eigenvalue weighted by molar-refractivity contribution is 6.30. The van der Waals surface area contributed by atoms with Gasteiger partial charge in [0.15, 0.2) is 5.78 Å². The van der Waals surface area contributed by atoms with Crippen molar-refractivity contribution in [3.63, 3.8) is 0 Å². The normalized spacial score (nSPS) is 18.9. The van der Waals surface area contributed by atoms with Crippen molar-refractivity contribution in [2.24, 2.45) is 0 Å². The van der Waals surface area contributed by atoms with E-state index in [1.165, 1.54) is 0 Å². The lowest BCUT2D eigenvalue weighted by molar-refractivity contribution is 0.102. The number of ketones is 1. The van der Waals surface area contributed by atoms with Gasteiger partial charge in [-0.1, -0.05) is 0 Å².